The summed E-state index contributed by atoms with van der Waals surface area (Å²) in [5.41, 5.74) is 17.0. The van der Waals surface area contributed by atoms with E-state index >= 15 is 0 Å². The van der Waals surface area contributed by atoms with Crippen molar-refractivity contribution in [1.82, 2.24) is 0 Å². The average Bonchev–Trinajstić information content (AvgIpc) is 3.81. The van der Waals surface area contributed by atoms with E-state index in [1.54, 1.807) is 0 Å². The van der Waals surface area contributed by atoms with Crippen molar-refractivity contribution in [3.63, 3.8) is 0 Å². The van der Waals surface area contributed by atoms with Crippen LogP contribution in [0.5, 0.6) is 0 Å². The molecule has 1 aliphatic rings. The molecule has 0 spiro atoms. The Labute approximate surface area is 363 Å². The summed E-state index contributed by atoms with van der Waals surface area (Å²) in [5.74, 6) is 0. The van der Waals surface area contributed by atoms with Gasteiger partial charge in [-0.1, -0.05) is 178 Å². The summed E-state index contributed by atoms with van der Waals surface area (Å²) < 4.78 is 6.16. The Hall–Kier alpha value is -7.48. The van der Waals surface area contributed by atoms with Gasteiger partial charge in [-0.3, -0.25) is 0 Å². The van der Waals surface area contributed by atoms with Crippen molar-refractivity contribution in [2.24, 2.45) is 0 Å². The first-order chi connectivity index (χ1) is 30.4. The van der Waals surface area contributed by atoms with Crippen LogP contribution in [0.1, 0.15) is 38.8 Å². The fourth-order valence-electron chi connectivity index (χ4n) is 9.95. The van der Waals surface area contributed by atoms with E-state index in [1.807, 2.05) is 38.1 Å². The molecule has 0 atom stereocenters. The molecule has 0 N–H and O–H groups in total. The van der Waals surface area contributed by atoms with Gasteiger partial charge in [0.1, 0.15) is 11.2 Å². The number of furan rings is 1. The van der Waals surface area contributed by atoms with Gasteiger partial charge >= 0.3 is 0 Å². The molecule has 0 amide bonds. The zero-order chi connectivity index (χ0) is 42.0. The summed E-state index contributed by atoms with van der Waals surface area (Å²) in [7, 11) is 0. The van der Waals surface area contributed by atoms with Crippen LogP contribution < -0.4 is 0 Å². The first kappa shape index (κ1) is 37.5. The van der Waals surface area contributed by atoms with Crippen LogP contribution in [0.2, 0.25) is 0 Å². The molecule has 12 rings (SSSR count). The van der Waals surface area contributed by atoms with Crippen LogP contribution in [0.15, 0.2) is 211 Å². The molecular formula is C61H46O. The summed E-state index contributed by atoms with van der Waals surface area (Å²) in [6.07, 6.45) is 4.00. The van der Waals surface area contributed by atoms with Gasteiger partial charge in [-0.15, -0.1) is 0 Å². The van der Waals surface area contributed by atoms with Crippen LogP contribution >= 0.6 is 0 Å². The van der Waals surface area contributed by atoms with Crippen molar-refractivity contribution in [2.75, 3.05) is 0 Å². The molecule has 1 aliphatic carbocycles. The summed E-state index contributed by atoms with van der Waals surface area (Å²) in [4.78, 5) is 0. The maximum Gasteiger partial charge on any atom is 0.135 e. The van der Waals surface area contributed by atoms with E-state index in [9.17, 15) is 0 Å². The molecule has 0 unspecified atom stereocenters. The Kier molecular flexibility index (Phi) is 9.02. The fraction of sp³-hybridized carbons (Fsp3) is 0.0820. The Morgan fingerprint density at radius 1 is 0.339 bits per heavy atom. The van der Waals surface area contributed by atoms with Crippen molar-refractivity contribution in [3.8, 4) is 55.6 Å². The van der Waals surface area contributed by atoms with Crippen molar-refractivity contribution in [3.05, 3.63) is 217 Å². The predicted octanol–water partition coefficient (Wildman–Crippen LogP) is 17.6. The third kappa shape index (κ3) is 6.07. The van der Waals surface area contributed by atoms with Crippen LogP contribution in [0.3, 0.4) is 0 Å². The third-order valence-electron chi connectivity index (χ3n) is 13.2. The van der Waals surface area contributed by atoms with E-state index in [0.29, 0.717) is 0 Å². The highest BCUT2D eigenvalue weighted by atomic mass is 16.3. The molecule has 0 fully saturated rings. The van der Waals surface area contributed by atoms with E-state index in [2.05, 4.69) is 196 Å². The first-order valence-electron chi connectivity index (χ1n) is 21.7. The molecule has 0 saturated carbocycles. The lowest BCUT2D eigenvalue weighted by molar-refractivity contribution is 0.661. The molecule has 0 aliphatic heterocycles. The first-order valence-corrected chi connectivity index (χ1v) is 21.7. The molecule has 1 heteroatoms. The smallest absolute Gasteiger partial charge is 0.135 e. The summed E-state index contributed by atoms with van der Waals surface area (Å²) in [6.45, 7) is 8.78. The Balaban J connectivity index is 0.00000104. The van der Waals surface area contributed by atoms with Gasteiger partial charge in [-0.05, 0) is 155 Å². The lowest BCUT2D eigenvalue weighted by Gasteiger charge is -2.23. The number of benzene rings is 10. The molecular weight excluding hydrogens is 749 g/mol. The second-order valence-corrected chi connectivity index (χ2v) is 17.1. The minimum Gasteiger partial charge on any atom is -0.456 e. The molecule has 0 saturated heterocycles. The monoisotopic (exact) mass is 794 g/mol. The van der Waals surface area contributed by atoms with Crippen molar-refractivity contribution < 1.29 is 4.42 Å². The Morgan fingerprint density at radius 2 is 0.790 bits per heavy atom. The van der Waals surface area contributed by atoms with Gasteiger partial charge in [0, 0.05) is 16.2 Å². The SMILES string of the molecule is C/C=C\C.CC1(C)c2cc(-c3ccc4oc5ccccc5c4c3)ccc2-c2ccc(-c3c4ccccc4c(-c4cccc(-c5ccc6ccccc6c5)c4)c4ccccc34)cc21. The summed E-state index contributed by atoms with van der Waals surface area (Å²) in [5, 5.41) is 9.90. The normalized spacial score (nSPS) is 12.9. The lowest BCUT2D eigenvalue weighted by atomic mass is 9.80. The van der Waals surface area contributed by atoms with E-state index in [-0.39, 0.29) is 5.41 Å². The van der Waals surface area contributed by atoms with E-state index in [4.69, 9.17) is 4.42 Å². The largest absolute Gasteiger partial charge is 0.456 e. The summed E-state index contributed by atoms with van der Waals surface area (Å²) >= 11 is 0. The number of allylic oxidation sites excluding steroid dienone is 2. The lowest BCUT2D eigenvalue weighted by Crippen LogP contribution is -2.15. The van der Waals surface area contributed by atoms with Gasteiger partial charge in [0.25, 0.3) is 0 Å². The van der Waals surface area contributed by atoms with Crippen molar-refractivity contribution >= 4 is 54.3 Å². The molecule has 0 radical (unpaired) electrons. The highest BCUT2D eigenvalue weighted by molar-refractivity contribution is 6.21. The molecule has 1 nitrogen and oxygen atoms in total. The molecule has 11 aromatic rings. The minimum absolute atomic E-state index is 0.183. The van der Waals surface area contributed by atoms with Crippen molar-refractivity contribution in [2.45, 2.75) is 33.1 Å². The van der Waals surface area contributed by atoms with E-state index < -0.39 is 0 Å². The topological polar surface area (TPSA) is 13.1 Å². The molecule has 0 bridgehead atoms. The second-order valence-electron chi connectivity index (χ2n) is 17.1. The Morgan fingerprint density at radius 3 is 1.45 bits per heavy atom. The van der Waals surface area contributed by atoms with Crippen molar-refractivity contribution in [1.29, 1.82) is 0 Å². The highest BCUT2D eigenvalue weighted by Crippen LogP contribution is 2.52. The van der Waals surface area contributed by atoms with Crippen LogP contribution in [-0.2, 0) is 5.41 Å². The second kappa shape index (κ2) is 14.9. The van der Waals surface area contributed by atoms with Gasteiger partial charge in [0.2, 0.25) is 0 Å². The van der Waals surface area contributed by atoms with Gasteiger partial charge in [-0.25, -0.2) is 0 Å². The maximum atomic E-state index is 6.16. The van der Waals surface area contributed by atoms with Crippen LogP contribution in [-0.4, -0.2) is 0 Å². The summed E-state index contributed by atoms with van der Waals surface area (Å²) in [6, 6.07) is 71.6. The van der Waals surface area contributed by atoms with Crippen LogP contribution in [0.25, 0.3) is 110 Å². The Bertz CT molecular complexity index is 3510. The number of fused-ring (bicyclic) bond motifs is 9. The predicted molar refractivity (Wildman–Crippen MR) is 266 cm³/mol. The number of hydrogen-bond acceptors (Lipinski definition) is 1. The third-order valence-corrected chi connectivity index (χ3v) is 13.2. The number of rotatable bonds is 4. The zero-order valence-corrected chi connectivity index (χ0v) is 35.5. The molecule has 10 aromatic carbocycles. The quantitative estimate of drug-likeness (QED) is 0.128. The molecule has 1 heterocycles. The average molecular weight is 795 g/mol. The fourth-order valence-corrected chi connectivity index (χ4v) is 9.95. The minimum atomic E-state index is -0.183. The standard InChI is InChI=1S/C57H38O.C4H8/c1-57(2)51-33-40(39-26-29-54-50(32-39)45-16-9-10-21-53(45)58-54)24-27-43(51)44-28-25-42(34-52(44)57)56-48-19-7-5-17-46(48)55(47-18-6-8-20-49(47)56)41-15-11-14-37(31-41)38-23-22-35-12-3-4-13-36(35)30-38;1-3-4-2/h3-34H,1-2H3;3-4H,1-2H3/b;4-3-. The molecule has 296 valence electrons. The van der Waals surface area contributed by atoms with Crippen LogP contribution in [0.4, 0.5) is 0 Å². The molecule has 62 heavy (non-hydrogen) atoms. The van der Waals surface area contributed by atoms with Gasteiger partial charge in [0.15, 0.2) is 0 Å². The highest BCUT2D eigenvalue weighted by Gasteiger charge is 2.36. The van der Waals surface area contributed by atoms with Gasteiger partial charge < -0.3 is 4.42 Å². The van der Waals surface area contributed by atoms with Crippen LogP contribution in [0, 0.1) is 0 Å². The van der Waals surface area contributed by atoms with E-state index in [0.717, 1.165) is 21.9 Å². The van der Waals surface area contributed by atoms with Gasteiger partial charge in [-0.2, -0.15) is 0 Å². The zero-order valence-electron chi connectivity index (χ0n) is 35.5. The maximum absolute atomic E-state index is 6.16. The molecule has 1 aromatic heterocycles. The van der Waals surface area contributed by atoms with E-state index in [1.165, 1.54) is 99.1 Å². The van der Waals surface area contributed by atoms with Gasteiger partial charge in [0.05, 0.1) is 0 Å². The number of hydrogen-bond donors (Lipinski definition) is 0. The number of para-hydroxylation sites is 1.